The molecule has 0 bridgehead atoms. The van der Waals surface area contributed by atoms with E-state index in [1.54, 1.807) is 0 Å². The van der Waals surface area contributed by atoms with Crippen LogP contribution in [0.1, 0.15) is 57.1 Å². The molecule has 0 spiro atoms. The van der Waals surface area contributed by atoms with Crippen LogP contribution in [0.15, 0.2) is 18.2 Å². The van der Waals surface area contributed by atoms with Crippen LogP contribution in [-0.2, 0) is 9.59 Å². The second-order valence-electron chi connectivity index (χ2n) is 7.16. The van der Waals surface area contributed by atoms with Gasteiger partial charge in [0.25, 0.3) is 0 Å². The van der Waals surface area contributed by atoms with Crippen molar-refractivity contribution >= 4 is 17.5 Å². The number of hydrogen-bond donors (Lipinski definition) is 2. The van der Waals surface area contributed by atoms with Gasteiger partial charge in [-0.25, -0.2) is 0 Å². The van der Waals surface area contributed by atoms with E-state index in [1.165, 1.54) is 4.90 Å². The topological polar surface area (TPSA) is 69.6 Å². The van der Waals surface area contributed by atoms with Crippen molar-refractivity contribution in [1.82, 2.24) is 4.90 Å². The number of anilines is 1. The van der Waals surface area contributed by atoms with Gasteiger partial charge in [0.15, 0.2) is 0 Å². The van der Waals surface area contributed by atoms with Crippen LogP contribution in [0.5, 0.6) is 0 Å². The summed E-state index contributed by atoms with van der Waals surface area (Å²) in [7, 11) is 0. The van der Waals surface area contributed by atoms with Crippen LogP contribution in [0.4, 0.5) is 5.69 Å². The Kier molecular flexibility index (Phi) is 5.99. The maximum atomic E-state index is 12.5. The largest absolute Gasteiger partial charge is 0.396 e. The highest BCUT2D eigenvalue weighted by Crippen LogP contribution is 2.32. The molecule has 2 N–H and O–H groups in total. The molecule has 5 heteroatoms. The number of carbonyl (C=O) groups is 2. The van der Waals surface area contributed by atoms with Crippen LogP contribution in [0.2, 0.25) is 0 Å². The summed E-state index contributed by atoms with van der Waals surface area (Å²) in [6, 6.07) is 5.98. The number of amides is 2. The number of aliphatic hydroxyl groups is 1. The zero-order chi connectivity index (χ0) is 17.9. The second kappa shape index (κ2) is 7.79. The van der Waals surface area contributed by atoms with Crippen LogP contribution >= 0.6 is 0 Å². The van der Waals surface area contributed by atoms with Crippen LogP contribution in [0.3, 0.4) is 0 Å². The fourth-order valence-electron chi connectivity index (χ4n) is 3.17. The van der Waals surface area contributed by atoms with Crippen molar-refractivity contribution in [2.45, 2.75) is 46.0 Å². The van der Waals surface area contributed by atoms with Gasteiger partial charge < -0.3 is 15.3 Å². The molecular weight excluding hydrogens is 304 g/mol. The van der Waals surface area contributed by atoms with Crippen molar-refractivity contribution in [1.29, 1.82) is 0 Å². The first kappa shape index (κ1) is 18.5. The molecule has 1 aromatic rings. The van der Waals surface area contributed by atoms with Gasteiger partial charge in [-0.1, -0.05) is 45.9 Å². The molecule has 1 heterocycles. The summed E-state index contributed by atoms with van der Waals surface area (Å²) >= 11 is 0. The zero-order valence-electron chi connectivity index (χ0n) is 15.0. The quantitative estimate of drug-likeness (QED) is 0.833. The molecule has 2 amide bonds. The molecule has 1 atom stereocenters. The Labute approximate surface area is 144 Å². The van der Waals surface area contributed by atoms with Crippen LogP contribution in [0, 0.1) is 5.92 Å². The van der Waals surface area contributed by atoms with Gasteiger partial charge in [-0.3, -0.25) is 9.59 Å². The van der Waals surface area contributed by atoms with Gasteiger partial charge in [-0.15, -0.1) is 0 Å². The summed E-state index contributed by atoms with van der Waals surface area (Å²) in [6.45, 7) is 9.32. The van der Waals surface area contributed by atoms with Gasteiger partial charge in [0.1, 0.15) is 0 Å². The lowest BCUT2D eigenvalue weighted by atomic mass is 9.92. The SMILES string of the molecule is CC(C)c1cccc(C(C)C)c1NC(=O)C(=O)N1CCC(CO)C1. The molecule has 1 aromatic carbocycles. The Morgan fingerprint density at radius 3 is 2.25 bits per heavy atom. The predicted octanol–water partition coefficient (Wildman–Crippen LogP) is 2.71. The highest BCUT2D eigenvalue weighted by Gasteiger charge is 2.30. The maximum Gasteiger partial charge on any atom is 0.313 e. The summed E-state index contributed by atoms with van der Waals surface area (Å²) in [5.74, 6) is -0.530. The minimum absolute atomic E-state index is 0.0546. The van der Waals surface area contributed by atoms with Crippen molar-refractivity contribution < 1.29 is 14.7 Å². The van der Waals surface area contributed by atoms with Gasteiger partial charge >= 0.3 is 11.8 Å². The number of para-hydroxylation sites is 1. The summed E-state index contributed by atoms with van der Waals surface area (Å²) in [5, 5.41) is 12.1. The molecule has 0 radical (unpaired) electrons. The van der Waals surface area contributed by atoms with Crippen molar-refractivity contribution in [3.8, 4) is 0 Å². The molecule has 1 unspecified atom stereocenters. The highest BCUT2D eigenvalue weighted by atomic mass is 16.3. The molecule has 1 aliphatic rings. The lowest BCUT2D eigenvalue weighted by Gasteiger charge is -2.21. The minimum atomic E-state index is -0.594. The molecule has 1 saturated heterocycles. The standard InChI is InChI=1S/C19H28N2O3/c1-12(2)15-6-5-7-16(13(3)4)17(15)20-18(23)19(24)21-9-8-14(10-21)11-22/h5-7,12-14,22H,8-11H2,1-4H3,(H,20,23). The van der Waals surface area contributed by atoms with E-state index in [-0.39, 0.29) is 24.4 Å². The Bertz CT molecular complexity index is 584. The molecular formula is C19H28N2O3. The lowest BCUT2D eigenvalue weighted by molar-refractivity contribution is -0.142. The number of nitrogens with one attached hydrogen (secondary N) is 1. The van der Waals surface area contributed by atoms with Gasteiger partial charge in [0.05, 0.1) is 0 Å². The van der Waals surface area contributed by atoms with Crippen molar-refractivity contribution in [2.24, 2.45) is 5.92 Å². The predicted molar refractivity (Wildman–Crippen MR) is 95.0 cm³/mol. The van der Waals surface area contributed by atoms with Crippen molar-refractivity contribution in [2.75, 3.05) is 25.0 Å². The molecule has 0 aromatic heterocycles. The normalized spacial score (nSPS) is 17.6. The number of hydrogen-bond acceptors (Lipinski definition) is 3. The zero-order valence-corrected chi connectivity index (χ0v) is 15.0. The van der Waals surface area contributed by atoms with Crippen molar-refractivity contribution in [3.05, 3.63) is 29.3 Å². The smallest absolute Gasteiger partial charge is 0.313 e. The number of nitrogens with zero attached hydrogens (tertiary/aromatic N) is 1. The van der Waals surface area contributed by atoms with Crippen LogP contribution in [-0.4, -0.2) is 41.5 Å². The maximum absolute atomic E-state index is 12.5. The van der Waals surface area contributed by atoms with Gasteiger partial charge in [-0.05, 0) is 29.4 Å². The van der Waals surface area contributed by atoms with Crippen LogP contribution in [0.25, 0.3) is 0 Å². The number of likely N-dealkylation sites (tertiary alicyclic amines) is 1. The first-order valence-corrected chi connectivity index (χ1v) is 8.69. The van der Waals surface area contributed by atoms with E-state index in [9.17, 15) is 14.7 Å². The fraction of sp³-hybridized carbons (Fsp3) is 0.579. The van der Waals surface area contributed by atoms with E-state index >= 15 is 0 Å². The lowest BCUT2D eigenvalue weighted by Crippen LogP contribution is -2.38. The first-order chi connectivity index (χ1) is 11.3. The third kappa shape index (κ3) is 3.96. The minimum Gasteiger partial charge on any atom is -0.396 e. The summed E-state index contributed by atoms with van der Waals surface area (Å²) in [6.07, 6.45) is 0.745. The molecule has 1 fully saturated rings. The van der Waals surface area contributed by atoms with E-state index in [0.29, 0.717) is 13.1 Å². The Morgan fingerprint density at radius 1 is 1.21 bits per heavy atom. The summed E-state index contributed by atoms with van der Waals surface area (Å²) in [4.78, 5) is 26.4. The molecule has 2 rings (SSSR count). The average molecular weight is 332 g/mol. The van der Waals surface area contributed by atoms with E-state index in [4.69, 9.17) is 0 Å². The monoisotopic (exact) mass is 332 g/mol. The van der Waals surface area contributed by atoms with Gasteiger partial charge in [0.2, 0.25) is 0 Å². The molecule has 0 saturated carbocycles. The Balaban J connectivity index is 2.20. The molecule has 132 valence electrons. The fourth-order valence-corrected chi connectivity index (χ4v) is 3.17. The number of carbonyl (C=O) groups excluding carboxylic acids is 2. The number of benzene rings is 1. The van der Waals surface area contributed by atoms with E-state index < -0.39 is 11.8 Å². The van der Waals surface area contributed by atoms with E-state index in [1.807, 2.05) is 18.2 Å². The third-order valence-electron chi connectivity index (χ3n) is 4.64. The second-order valence-corrected chi connectivity index (χ2v) is 7.16. The van der Waals surface area contributed by atoms with E-state index in [0.717, 1.165) is 23.2 Å². The highest BCUT2D eigenvalue weighted by molar-refractivity contribution is 6.39. The number of rotatable bonds is 4. The van der Waals surface area contributed by atoms with E-state index in [2.05, 4.69) is 33.0 Å². The number of aliphatic hydroxyl groups excluding tert-OH is 1. The molecule has 0 aliphatic carbocycles. The molecule has 1 aliphatic heterocycles. The van der Waals surface area contributed by atoms with Gasteiger partial charge in [-0.2, -0.15) is 0 Å². The molecule has 5 nitrogen and oxygen atoms in total. The van der Waals surface area contributed by atoms with Crippen molar-refractivity contribution in [3.63, 3.8) is 0 Å². The average Bonchev–Trinajstić information content (AvgIpc) is 3.02. The Morgan fingerprint density at radius 2 is 1.79 bits per heavy atom. The molecule has 24 heavy (non-hydrogen) atoms. The first-order valence-electron chi connectivity index (χ1n) is 8.69. The Hall–Kier alpha value is -1.88. The summed E-state index contributed by atoms with van der Waals surface area (Å²) in [5.41, 5.74) is 2.84. The summed E-state index contributed by atoms with van der Waals surface area (Å²) < 4.78 is 0. The van der Waals surface area contributed by atoms with Crippen LogP contribution < -0.4 is 5.32 Å². The third-order valence-corrected chi connectivity index (χ3v) is 4.64. The van der Waals surface area contributed by atoms with Gasteiger partial charge in [0, 0.05) is 31.3 Å².